The molecule has 0 aliphatic carbocycles. The van der Waals surface area contributed by atoms with E-state index in [1.54, 1.807) is 0 Å². The van der Waals surface area contributed by atoms with Crippen LogP contribution in [0.3, 0.4) is 0 Å². The summed E-state index contributed by atoms with van der Waals surface area (Å²) in [6, 6.07) is 7.78. The normalized spacial score (nSPS) is 14.2. The van der Waals surface area contributed by atoms with Crippen molar-refractivity contribution in [3.05, 3.63) is 24.3 Å². The summed E-state index contributed by atoms with van der Waals surface area (Å²) in [5.41, 5.74) is 1.56. The van der Waals surface area contributed by atoms with E-state index in [1.807, 2.05) is 24.3 Å². The molecule has 242 valence electrons. The molecule has 0 aromatic heterocycles. The van der Waals surface area contributed by atoms with E-state index in [4.69, 9.17) is 0 Å². The third-order valence-corrected chi connectivity index (χ3v) is 9.21. The molecule has 4 heteroatoms. The summed E-state index contributed by atoms with van der Waals surface area (Å²) in [6.07, 6.45) is 23.7. The van der Waals surface area contributed by atoms with Crippen LogP contribution in [0.5, 0.6) is 0 Å². The average molecular weight is 585 g/mol. The molecular weight excluding hydrogens is 516 g/mol. The second-order valence-electron chi connectivity index (χ2n) is 13.1. The van der Waals surface area contributed by atoms with Crippen LogP contribution in [0.4, 0.5) is 11.4 Å². The van der Waals surface area contributed by atoms with Gasteiger partial charge in [0.1, 0.15) is 0 Å². The topological polar surface area (TPSA) is 58.2 Å². The van der Waals surface area contributed by atoms with E-state index in [9.17, 15) is 9.59 Å². The minimum Gasteiger partial charge on any atom is -0.326 e. The maximum atomic E-state index is 13.5. The van der Waals surface area contributed by atoms with Crippen LogP contribution >= 0.6 is 0 Å². The number of unbranched alkanes of at least 4 members (excludes halogenated alkanes) is 12. The molecule has 0 fully saturated rings. The fourth-order valence-corrected chi connectivity index (χ4v) is 6.24. The minimum atomic E-state index is 0.0297. The van der Waals surface area contributed by atoms with Crippen LogP contribution in [0, 0.1) is 23.7 Å². The van der Waals surface area contributed by atoms with E-state index in [0.717, 1.165) is 62.7 Å². The smallest absolute Gasteiger partial charge is 0.227 e. The highest BCUT2D eigenvalue weighted by Gasteiger charge is 2.26. The number of nitrogens with one attached hydrogen (secondary N) is 2. The van der Waals surface area contributed by atoms with Gasteiger partial charge in [-0.15, -0.1) is 0 Å². The highest BCUT2D eigenvalue weighted by molar-refractivity contribution is 5.95. The summed E-state index contributed by atoms with van der Waals surface area (Å²) in [7, 11) is 0. The minimum absolute atomic E-state index is 0.0297. The number of hydrogen-bond acceptors (Lipinski definition) is 2. The van der Waals surface area contributed by atoms with Crippen molar-refractivity contribution >= 4 is 23.2 Å². The summed E-state index contributed by atoms with van der Waals surface area (Å²) in [4.78, 5) is 27.1. The van der Waals surface area contributed by atoms with Gasteiger partial charge in [-0.2, -0.15) is 0 Å². The van der Waals surface area contributed by atoms with Crippen LogP contribution < -0.4 is 10.6 Å². The molecule has 2 amide bonds. The number of anilines is 2. The highest BCUT2D eigenvalue weighted by atomic mass is 16.2. The Kier molecular flexibility index (Phi) is 22.4. The molecule has 1 aromatic rings. The Hall–Kier alpha value is -1.84. The Balaban J connectivity index is 2.84. The van der Waals surface area contributed by atoms with E-state index in [2.05, 4.69) is 52.2 Å². The zero-order chi connectivity index (χ0) is 31.0. The van der Waals surface area contributed by atoms with Crippen molar-refractivity contribution < 1.29 is 9.59 Å². The Labute approximate surface area is 261 Å². The first-order valence-corrected chi connectivity index (χ1v) is 18.1. The van der Waals surface area contributed by atoms with Gasteiger partial charge in [-0.1, -0.05) is 150 Å². The molecule has 4 atom stereocenters. The van der Waals surface area contributed by atoms with Gasteiger partial charge >= 0.3 is 0 Å². The molecule has 0 bridgehead atoms. The van der Waals surface area contributed by atoms with Gasteiger partial charge in [0.2, 0.25) is 11.8 Å². The lowest BCUT2D eigenvalue weighted by Crippen LogP contribution is -2.29. The fraction of sp³-hybridized carbons (Fsp3) is 0.789. The highest BCUT2D eigenvalue weighted by Crippen LogP contribution is 2.28. The zero-order valence-electron chi connectivity index (χ0n) is 28.6. The maximum absolute atomic E-state index is 13.5. The quantitative estimate of drug-likeness (QED) is 0.106. The molecule has 42 heavy (non-hydrogen) atoms. The molecule has 1 rings (SSSR count). The second kappa shape index (κ2) is 24.6. The zero-order valence-corrected chi connectivity index (χ0v) is 28.6. The van der Waals surface area contributed by atoms with Crippen molar-refractivity contribution in [2.45, 2.75) is 170 Å². The van der Waals surface area contributed by atoms with Crippen LogP contribution in [0.25, 0.3) is 0 Å². The van der Waals surface area contributed by atoms with Gasteiger partial charge in [0.05, 0.1) is 0 Å². The number of amides is 2. The molecule has 0 radical (unpaired) electrons. The summed E-state index contributed by atoms with van der Waals surface area (Å²) >= 11 is 0. The van der Waals surface area contributed by atoms with Crippen molar-refractivity contribution in [3.63, 3.8) is 0 Å². The van der Waals surface area contributed by atoms with Crippen LogP contribution in [-0.4, -0.2) is 11.8 Å². The van der Waals surface area contributed by atoms with Gasteiger partial charge in [-0.3, -0.25) is 9.59 Å². The van der Waals surface area contributed by atoms with Crippen molar-refractivity contribution in [1.82, 2.24) is 0 Å². The van der Waals surface area contributed by atoms with Crippen molar-refractivity contribution in [3.8, 4) is 0 Å². The SMILES string of the molecule is CCCCCCCCC(C(=O)Nc1cccc(NC(=O)C(CCCCCCCC)C(C)CCCC)c1)C(C)CCCC. The number of carbonyl (C=O) groups excluding carboxylic acids is 2. The van der Waals surface area contributed by atoms with E-state index in [-0.39, 0.29) is 23.7 Å². The summed E-state index contributed by atoms with van der Waals surface area (Å²) in [6.45, 7) is 13.4. The molecule has 0 saturated heterocycles. The van der Waals surface area contributed by atoms with Crippen LogP contribution in [0.2, 0.25) is 0 Å². The van der Waals surface area contributed by atoms with E-state index >= 15 is 0 Å². The maximum Gasteiger partial charge on any atom is 0.227 e. The number of hydrogen-bond donors (Lipinski definition) is 2. The Morgan fingerprint density at radius 2 is 0.881 bits per heavy atom. The molecule has 0 spiro atoms. The predicted octanol–water partition coefficient (Wildman–Crippen LogP) is 11.9. The number of carbonyl (C=O) groups is 2. The average Bonchev–Trinajstić information content (AvgIpc) is 2.98. The van der Waals surface area contributed by atoms with Gasteiger partial charge in [-0.25, -0.2) is 0 Å². The summed E-state index contributed by atoms with van der Waals surface area (Å²) in [5.74, 6) is 1.06. The Bertz CT molecular complexity index is 760. The molecule has 4 nitrogen and oxygen atoms in total. The van der Waals surface area contributed by atoms with E-state index in [1.165, 1.54) is 77.0 Å². The van der Waals surface area contributed by atoms with Gasteiger partial charge in [0, 0.05) is 23.2 Å². The third kappa shape index (κ3) is 16.7. The Morgan fingerprint density at radius 1 is 0.524 bits per heavy atom. The largest absolute Gasteiger partial charge is 0.326 e. The first-order chi connectivity index (χ1) is 20.4. The third-order valence-electron chi connectivity index (χ3n) is 9.21. The molecule has 0 saturated carbocycles. The first kappa shape index (κ1) is 38.2. The van der Waals surface area contributed by atoms with E-state index < -0.39 is 0 Å². The molecule has 0 heterocycles. The molecular formula is C38H68N2O2. The summed E-state index contributed by atoms with van der Waals surface area (Å²) in [5, 5.41) is 6.44. The van der Waals surface area contributed by atoms with Gasteiger partial charge in [0.15, 0.2) is 0 Å². The lowest BCUT2D eigenvalue weighted by molar-refractivity contribution is -0.122. The van der Waals surface area contributed by atoms with Gasteiger partial charge in [0.25, 0.3) is 0 Å². The summed E-state index contributed by atoms with van der Waals surface area (Å²) < 4.78 is 0. The van der Waals surface area contributed by atoms with Gasteiger partial charge in [-0.05, 0) is 55.7 Å². The first-order valence-electron chi connectivity index (χ1n) is 18.1. The lowest BCUT2D eigenvalue weighted by atomic mass is 9.84. The van der Waals surface area contributed by atoms with Crippen molar-refractivity contribution in [2.75, 3.05) is 10.6 Å². The number of rotatable bonds is 26. The lowest BCUT2D eigenvalue weighted by Gasteiger charge is -2.24. The number of benzene rings is 1. The molecule has 1 aromatic carbocycles. The standard InChI is InChI=1S/C38H68N2O2/c1-7-11-15-17-19-21-28-35(31(5)24-13-9-3)37(41)39-33-26-23-27-34(30-33)40-38(42)36(32(6)25-14-10-4)29-22-20-18-16-12-8-2/h23,26-27,30-32,35-36H,7-22,24-25,28-29H2,1-6H3,(H,39,41)(H,40,42). The van der Waals surface area contributed by atoms with Gasteiger partial charge < -0.3 is 10.6 Å². The molecule has 0 aliphatic rings. The molecule has 2 N–H and O–H groups in total. The van der Waals surface area contributed by atoms with E-state index in [0.29, 0.717) is 11.8 Å². The molecule has 0 aliphatic heterocycles. The Morgan fingerprint density at radius 3 is 1.26 bits per heavy atom. The monoisotopic (exact) mass is 585 g/mol. The van der Waals surface area contributed by atoms with Crippen LogP contribution in [0.15, 0.2) is 24.3 Å². The van der Waals surface area contributed by atoms with Crippen LogP contribution in [0.1, 0.15) is 170 Å². The molecule has 4 unspecified atom stereocenters. The van der Waals surface area contributed by atoms with Crippen LogP contribution in [-0.2, 0) is 9.59 Å². The van der Waals surface area contributed by atoms with Crippen molar-refractivity contribution in [2.24, 2.45) is 23.7 Å². The second-order valence-corrected chi connectivity index (χ2v) is 13.1. The van der Waals surface area contributed by atoms with Crippen molar-refractivity contribution in [1.29, 1.82) is 0 Å². The fourth-order valence-electron chi connectivity index (χ4n) is 6.24. The predicted molar refractivity (Wildman–Crippen MR) is 184 cm³/mol.